The second-order valence-electron chi connectivity index (χ2n) is 5.18. The van der Waals surface area contributed by atoms with Gasteiger partial charge in [-0.1, -0.05) is 35.9 Å². The Balaban J connectivity index is 2.24. The van der Waals surface area contributed by atoms with E-state index in [0.29, 0.717) is 11.5 Å². The predicted molar refractivity (Wildman–Crippen MR) is 91.1 cm³/mol. The van der Waals surface area contributed by atoms with Crippen molar-refractivity contribution in [3.8, 4) is 11.5 Å². The Hall–Kier alpha value is -2.30. The molecule has 0 aromatic heterocycles. The third-order valence-corrected chi connectivity index (χ3v) is 4.73. The van der Waals surface area contributed by atoms with Gasteiger partial charge in [0.15, 0.2) is 0 Å². The first-order valence-electron chi connectivity index (χ1n) is 7.38. The highest BCUT2D eigenvalue weighted by Crippen LogP contribution is 2.45. The second kappa shape index (κ2) is 7.99. The zero-order valence-electron chi connectivity index (χ0n) is 13.8. The number of methoxy groups -OCH3 is 1. The number of carbonyl (C=O) groups is 1. The monoisotopic (exact) mass is 349 g/mol. The number of ether oxygens (including phenoxy) is 1. The molecule has 0 radical (unpaired) electrons. The number of aryl methyl sites for hydroxylation is 1. The molecule has 0 saturated carbocycles. The lowest BCUT2D eigenvalue weighted by Crippen LogP contribution is -2.35. The summed E-state index contributed by atoms with van der Waals surface area (Å²) in [5, 5.41) is 2.59. The molecule has 6 nitrogen and oxygen atoms in total. The number of esters is 1. The van der Waals surface area contributed by atoms with Crippen molar-refractivity contribution in [3.05, 3.63) is 60.2 Å². The maximum Gasteiger partial charge on any atom is 0.513 e. The van der Waals surface area contributed by atoms with Crippen LogP contribution in [0, 0.1) is 6.92 Å². The van der Waals surface area contributed by atoms with Crippen molar-refractivity contribution in [1.82, 2.24) is 5.09 Å². The summed E-state index contributed by atoms with van der Waals surface area (Å²) >= 11 is 0. The molecule has 0 aliphatic heterocycles. The van der Waals surface area contributed by atoms with Crippen LogP contribution < -0.4 is 14.1 Å². The average Bonchev–Trinajstić information content (AvgIpc) is 2.56. The van der Waals surface area contributed by atoms with Crippen molar-refractivity contribution in [1.29, 1.82) is 0 Å². The van der Waals surface area contributed by atoms with Crippen molar-refractivity contribution in [2.45, 2.75) is 19.9 Å². The second-order valence-corrected chi connectivity index (χ2v) is 6.80. The van der Waals surface area contributed by atoms with Crippen LogP contribution in [-0.2, 0) is 14.1 Å². The summed E-state index contributed by atoms with van der Waals surface area (Å²) in [5.41, 5.74) is 1.04. The summed E-state index contributed by atoms with van der Waals surface area (Å²) in [6, 6.07) is 14.7. The van der Waals surface area contributed by atoms with Gasteiger partial charge in [-0.15, -0.1) is 0 Å². The topological polar surface area (TPSA) is 73.9 Å². The lowest BCUT2D eigenvalue weighted by Gasteiger charge is -2.22. The molecule has 2 rings (SSSR count). The number of benzene rings is 2. The van der Waals surface area contributed by atoms with Gasteiger partial charge in [0.05, 0.1) is 7.11 Å². The molecule has 0 unspecified atom stereocenters. The molecule has 0 aliphatic carbocycles. The van der Waals surface area contributed by atoms with Crippen LogP contribution >= 0.6 is 7.75 Å². The van der Waals surface area contributed by atoms with E-state index in [2.05, 4.69) is 9.82 Å². The SMILES string of the molecule is COC(=O)[C@H](C)N[P@](=O)(Oc1ccccc1)Oc1ccc(C)cc1. The summed E-state index contributed by atoms with van der Waals surface area (Å²) in [6.07, 6.45) is 0. The molecular weight excluding hydrogens is 329 g/mol. The Morgan fingerprint density at radius 3 is 2.08 bits per heavy atom. The van der Waals surface area contributed by atoms with Gasteiger partial charge in [-0.3, -0.25) is 4.79 Å². The highest BCUT2D eigenvalue weighted by atomic mass is 31.2. The summed E-state index contributed by atoms with van der Waals surface area (Å²) in [6.45, 7) is 3.45. The Kier molecular flexibility index (Phi) is 6.01. The molecule has 7 heteroatoms. The smallest absolute Gasteiger partial charge is 0.468 e. The third-order valence-electron chi connectivity index (χ3n) is 3.12. The van der Waals surface area contributed by atoms with E-state index in [-0.39, 0.29) is 0 Å². The standard InChI is InChI=1S/C17H20NO5P/c1-13-9-11-16(12-10-13)23-24(20,18-14(2)17(19)21-3)22-15-7-5-4-6-8-15/h4-12,14H,1-3H3,(H,18,20)/t14-,24-/m0/s1. The van der Waals surface area contributed by atoms with Gasteiger partial charge in [0.1, 0.15) is 17.5 Å². The Morgan fingerprint density at radius 2 is 1.54 bits per heavy atom. The zero-order valence-corrected chi connectivity index (χ0v) is 14.7. The van der Waals surface area contributed by atoms with Crippen LogP contribution in [0.1, 0.15) is 12.5 Å². The maximum absolute atomic E-state index is 13.1. The van der Waals surface area contributed by atoms with Crippen LogP contribution in [0.4, 0.5) is 0 Å². The first-order chi connectivity index (χ1) is 11.4. The molecular formula is C17H20NO5P. The van der Waals surface area contributed by atoms with E-state index in [9.17, 15) is 9.36 Å². The molecule has 0 spiro atoms. The molecule has 24 heavy (non-hydrogen) atoms. The Bertz CT molecular complexity index is 718. The molecule has 128 valence electrons. The van der Waals surface area contributed by atoms with E-state index in [1.807, 2.05) is 25.1 Å². The quantitative estimate of drug-likeness (QED) is 0.607. The van der Waals surface area contributed by atoms with Gasteiger partial charge in [-0.05, 0) is 38.1 Å². The van der Waals surface area contributed by atoms with Gasteiger partial charge < -0.3 is 13.8 Å². The summed E-state index contributed by atoms with van der Waals surface area (Å²) in [4.78, 5) is 11.6. The average molecular weight is 349 g/mol. The number of carbonyl (C=O) groups excluding carboxylic acids is 1. The van der Waals surface area contributed by atoms with E-state index < -0.39 is 19.8 Å². The van der Waals surface area contributed by atoms with E-state index >= 15 is 0 Å². The normalized spacial score (nSPS) is 14.3. The van der Waals surface area contributed by atoms with Gasteiger partial charge in [-0.25, -0.2) is 4.57 Å². The van der Waals surface area contributed by atoms with Gasteiger partial charge >= 0.3 is 13.7 Å². The highest BCUT2D eigenvalue weighted by Gasteiger charge is 2.33. The van der Waals surface area contributed by atoms with Crippen LogP contribution in [0.15, 0.2) is 54.6 Å². The Morgan fingerprint density at radius 1 is 1.00 bits per heavy atom. The Labute approximate surface area is 141 Å². The van der Waals surface area contributed by atoms with E-state index in [4.69, 9.17) is 9.05 Å². The minimum Gasteiger partial charge on any atom is -0.468 e. The first-order valence-corrected chi connectivity index (χ1v) is 8.93. The summed E-state index contributed by atoms with van der Waals surface area (Å²) < 4.78 is 28.8. The molecule has 2 aromatic rings. The van der Waals surface area contributed by atoms with Crippen LogP contribution in [0.5, 0.6) is 11.5 Å². The van der Waals surface area contributed by atoms with Gasteiger partial charge in [-0.2, -0.15) is 5.09 Å². The number of nitrogens with one attached hydrogen (secondary N) is 1. The highest BCUT2D eigenvalue weighted by molar-refractivity contribution is 7.52. The van der Waals surface area contributed by atoms with Crippen molar-refractivity contribution >= 4 is 13.7 Å². The summed E-state index contributed by atoms with van der Waals surface area (Å²) in [7, 11) is -2.60. The van der Waals surface area contributed by atoms with Crippen LogP contribution in [0.25, 0.3) is 0 Å². The van der Waals surface area contributed by atoms with Crippen molar-refractivity contribution in [3.63, 3.8) is 0 Å². The van der Waals surface area contributed by atoms with E-state index in [1.165, 1.54) is 14.0 Å². The molecule has 0 heterocycles. The fraction of sp³-hybridized carbons (Fsp3) is 0.235. The van der Waals surface area contributed by atoms with Crippen molar-refractivity contribution in [2.24, 2.45) is 0 Å². The number of hydrogen-bond donors (Lipinski definition) is 1. The molecule has 0 amide bonds. The van der Waals surface area contributed by atoms with E-state index in [0.717, 1.165) is 5.56 Å². The lowest BCUT2D eigenvalue weighted by atomic mass is 10.2. The molecule has 2 aromatic carbocycles. The number of para-hydroxylation sites is 1. The first kappa shape index (κ1) is 18.0. The lowest BCUT2D eigenvalue weighted by molar-refractivity contribution is -0.142. The largest absolute Gasteiger partial charge is 0.513 e. The summed E-state index contributed by atoms with van der Waals surface area (Å²) in [5.74, 6) is 0.154. The van der Waals surface area contributed by atoms with Crippen molar-refractivity contribution in [2.75, 3.05) is 7.11 Å². The predicted octanol–water partition coefficient (Wildman–Crippen LogP) is 3.71. The van der Waals surface area contributed by atoms with Crippen molar-refractivity contribution < 1.29 is 23.1 Å². The minimum absolute atomic E-state index is 0.359. The molecule has 2 atom stereocenters. The van der Waals surface area contributed by atoms with Crippen LogP contribution in [0.2, 0.25) is 0 Å². The van der Waals surface area contributed by atoms with Gasteiger partial charge in [0.25, 0.3) is 0 Å². The zero-order chi connectivity index (χ0) is 17.6. The van der Waals surface area contributed by atoms with Crippen LogP contribution in [0.3, 0.4) is 0 Å². The van der Waals surface area contributed by atoms with Gasteiger partial charge in [0, 0.05) is 0 Å². The number of rotatable bonds is 7. The number of hydrogen-bond acceptors (Lipinski definition) is 5. The third kappa shape index (κ3) is 5.11. The fourth-order valence-corrected chi connectivity index (χ4v) is 3.42. The van der Waals surface area contributed by atoms with Gasteiger partial charge in [0.2, 0.25) is 0 Å². The molecule has 0 fully saturated rings. The molecule has 0 saturated heterocycles. The minimum atomic E-state index is -3.85. The molecule has 1 N–H and O–H groups in total. The molecule has 0 bridgehead atoms. The maximum atomic E-state index is 13.1. The molecule has 0 aliphatic rings. The van der Waals surface area contributed by atoms with Crippen LogP contribution in [-0.4, -0.2) is 19.1 Å². The van der Waals surface area contributed by atoms with E-state index in [1.54, 1.807) is 36.4 Å². The fourth-order valence-electron chi connectivity index (χ4n) is 1.90.